The molecule has 2 atom stereocenters. The molecule has 1 N–H and O–H groups in total. The minimum atomic E-state index is -0.877. The first-order valence-electron chi connectivity index (χ1n) is 9.28. The molecule has 1 aliphatic heterocycles. The molecule has 0 saturated carbocycles. The molecular weight excluding hydrogens is 376 g/mol. The molecule has 8 nitrogen and oxygen atoms in total. The maximum atomic E-state index is 12.2. The highest BCUT2D eigenvalue weighted by Crippen LogP contribution is 2.20. The van der Waals surface area contributed by atoms with Gasteiger partial charge in [0.2, 0.25) is 0 Å². The number of amidine groups is 1. The van der Waals surface area contributed by atoms with Gasteiger partial charge in [0.25, 0.3) is 5.76 Å². The molecular formula is C21H27N2O6+. The molecule has 0 aliphatic carbocycles. The fourth-order valence-electron chi connectivity index (χ4n) is 2.89. The van der Waals surface area contributed by atoms with E-state index in [0.717, 1.165) is 17.2 Å². The number of methoxy groups -OCH3 is 2. The van der Waals surface area contributed by atoms with E-state index in [1.807, 2.05) is 37.3 Å². The summed E-state index contributed by atoms with van der Waals surface area (Å²) in [6.07, 6.45) is 1.13. The van der Waals surface area contributed by atoms with Crippen molar-refractivity contribution in [2.75, 3.05) is 20.8 Å². The summed E-state index contributed by atoms with van der Waals surface area (Å²) in [4.78, 5) is 28.0. The van der Waals surface area contributed by atoms with E-state index in [0.29, 0.717) is 26.1 Å². The normalized spacial score (nSPS) is 16.4. The van der Waals surface area contributed by atoms with E-state index in [2.05, 4.69) is 16.4 Å². The number of nitrogens with zero attached hydrogens (tertiary/aromatic N) is 2. The number of esters is 1. The second kappa shape index (κ2) is 10.6. The molecule has 1 aromatic rings. The summed E-state index contributed by atoms with van der Waals surface area (Å²) in [5, 5.41) is 9.86. The molecule has 1 amide bonds. The van der Waals surface area contributed by atoms with Crippen molar-refractivity contribution >= 4 is 24.4 Å². The number of aliphatic imine (C=N–C) groups is 1. The minimum Gasteiger partial charge on any atom is -0.498 e. The third-order valence-corrected chi connectivity index (χ3v) is 4.66. The molecule has 0 saturated heterocycles. The van der Waals surface area contributed by atoms with Crippen LogP contribution in [0.5, 0.6) is 0 Å². The van der Waals surface area contributed by atoms with Crippen LogP contribution in [-0.4, -0.2) is 61.0 Å². The summed E-state index contributed by atoms with van der Waals surface area (Å²) in [5.41, 5.74) is 0.675. The van der Waals surface area contributed by atoms with E-state index in [4.69, 9.17) is 9.47 Å². The molecule has 1 heterocycles. The second-order valence-corrected chi connectivity index (χ2v) is 6.73. The van der Waals surface area contributed by atoms with E-state index in [1.165, 1.54) is 0 Å². The molecule has 0 radical (unpaired) electrons. The Kier molecular flexibility index (Phi) is 8.23. The Morgan fingerprint density at radius 1 is 1.24 bits per heavy atom. The Morgan fingerprint density at radius 3 is 2.55 bits per heavy atom. The number of aliphatic hydroxyl groups is 1. The lowest BCUT2D eigenvalue weighted by molar-refractivity contribution is -0.336. The van der Waals surface area contributed by atoms with E-state index >= 15 is 0 Å². The number of hydrogen-bond donors (Lipinski definition) is 1. The number of carbonyl (C=O) groups excluding carboxylic acids is 2. The lowest BCUT2D eigenvalue weighted by Crippen LogP contribution is -2.37. The lowest BCUT2D eigenvalue weighted by Gasteiger charge is -2.18. The maximum Gasteiger partial charge on any atom is 0.387 e. The molecule has 1 aliphatic rings. The highest BCUT2D eigenvalue weighted by Gasteiger charge is 2.40. The van der Waals surface area contributed by atoms with Crippen molar-refractivity contribution in [1.82, 2.24) is 0 Å². The zero-order valence-electron chi connectivity index (χ0n) is 17.0. The molecule has 29 heavy (non-hydrogen) atoms. The van der Waals surface area contributed by atoms with Crippen LogP contribution in [0.25, 0.3) is 0 Å². The van der Waals surface area contributed by atoms with Gasteiger partial charge in [-0.1, -0.05) is 37.3 Å². The van der Waals surface area contributed by atoms with Crippen molar-refractivity contribution in [2.45, 2.75) is 32.5 Å². The van der Waals surface area contributed by atoms with Crippen molar-refractivity contribution < 1.29 is 33.5 Å². The molecule has 2 rings (SSSR count). The van der Waals surface area contributed by atoms with Gasteiger partial charge in [0.1, 0.15) is 0 Å². The van der Waals surface area contributed by atoms with Crippen LogP contribution in [0.2, 0.25) is 0 Å². The number of carbonyl (C=O) groups is 2. The highest BCUT2D eigenvalue weighted by atomic mass is 16.5. The number of amides is 1. The van der Waals surface area contributed by atoms with Crippen LogP contribution < -0.4 is 0 Å². The maximum absolute atomic E-state index is 12.2. The second-order valence-electron chi connectivity index (χ2n) is 6.73. The number of ether oxygens (including phenoxy) is 3. The number of benzene rings is 1. The predicted molar refractivity (Wildman–Crippen MR) is 107 cm³/mol. The van der Waals surface area contributed by atoms with Gasteiger partial charge >= 0.3 is 23.4 Å². The first kappa shape index (κ1) is 22.4. The van der Waals surface area contributed by atoms with Gasteiger partial charge in [-0.25, -0.2) is 9.59 Å². The van der Waals surface area contributed by atoms with Crippen LogP contribution in [0, 0.1) is 5.92 Å². The van der Waals surface area contributed by atoms with Crippen LogP contribution in [-0.2, 0) is 30.4 Å². The fraction of sp³-hybridized carbons (Fsp3) is 0.429. The Hall–Kier alpha value is -2.84. The van der Waals surface area contributed by atoms with Crippen LogP contribution >= 0.6 is 0 Å². The Labute approximate surface area is 170 Å². The summed E-state index contributed by atoms with van der Waals surface area (Å²) < 4.78 is 16.8. The number of rotatable bonds is 10. The Bertz CT molecular complexity index is 816. The molecule has 2 unspecified atom stereocenters. The Morgan fingerprint density at radius 2 is 1.93 bits per heavy atom. The average molecular weight is 403 g/mol. The summed E-state index contributed by atoms with van der Waals surface area (Å²) >= 11 is 0. The van der Waals surface area contributed by atoms with E-state index in [9.17, 15) is 14.7 Å². The molecule has 1 aromatic carbocycles. The van der Waals surface area contributed by atoms with Crippen LogP contribution in [0.1, 0.15) is 25.3 Å². The average Bonchev–Trinajstić information content (AvgIpc) is 2.74. The zero-order chi connectivity index (χ0) is 21.4. The third-order valence-electron chi connectivity index (χ3n) is 4.66. The van der Waals surface area contributed by atoms with Crippen LogP contribution in [0.15, 0.2) is 46.8 Å². The quantitative estimate of drug-likeness (QED) is 0.475. The number of aliphatic hydroxyl groups excluding tert-OH is 1. The fourth-order valence-corrected chi connectivity index (χ4v) is 2.89. The molecule has 0 fully saturated rings. The molecule has 156 valence electrons. The largest absolute Gasteiger partial charge is 0.498 e. The molecule has 0 spiro atoms. The SMILES string of the molecule is C=[N+]1C(=O)C(O)=C(C(=O)OC)N=C1C(C)CCC(COCc1ccccc1)OC. The topological polar surface area (TPSA) is 97.4 Å². The third kappa shape index (κ3) is 5.82. The van der Waals surface area contributed by atoms with Gasteiger partial charge in [-0.3, -0.25) is 0 Å². The molecule has 0 bridgehead atoms. The minimum absolute atomic E-state index is 0.136. The molecule has 0 aromatic heterocycles. The summed E-state index contributed by atoms with van der Waals surface area (Å²) in [5.74, 6) is -2.37. The van der Waals surface area contributed by atoms with Crippen molar-refractivity contribution in [3.8, 4) is 0 Å². The smallest absolute Gasteiger partial charge is 0.387 e. The van der Waals surface area contributed by atoms with Gasteiger partial charge in [-0.15, -0.1) is 0 Å². The van der Waals surface area contributed by atoms with E-state index in [1.54, 1.807) is 7.11 Å². The van der Waals surface area contributed by atoms with Crippen LogP contribution in [0.4, 0.5) is 0 Å². The van der Waals surface area contributed by atoms with Gasteiger partial charge in [0, 0.05) is 7.11 Å². The van der Waals surface area contributed by atoms with Gasteiger partial charge in [-0.05, 0) is 23.4 Å². The summed E-state index contributed by atoms with van der Waals surface area (Å²) in [7, 11) is 2.77. The van der Waals surface area contributed by atoms with Gasteiger partial charge in [0.15, 0.2) is 0 Å². The van der Waals surface area contributed by atoms with Gasteiger partial charge in [0.05, 0.1) is 39.1 Å². The standard InChI is InChI=1S/C21H26N2O6/c1-14(19-22-17(21(26)28-4)18(24)20(25)23(19)2)10-11-16(27-3)13-29-12-15-8-6-5-7-9-15/h5-9,14,16H,2,10-13H2,1,3-4H3/p+1. The van der Waals surface area contributed by atoms with E-state index in [-0.39, 0.29) is 17.9 Å². The predicted octanol–water partition coefficient (Wildman–Crippen LogP) is 2.23. The summed E-state index contributed by atoms with van der Waals surface area (Å²) in [6.45, 7) is 6.41. The summed E-state index contributed by atoms with van der Waals surface area (Å²) in [6, 6.07) is 9.85. The van der Waals surface area contributed by atoms with Crippen LogP contribution in [0.3, 0.4) is 0 Å². The number of hydrogen-bond acceptors (Lipinski definition) is 7. The van der Waals surface area contributed by atoms with E-state index < -0.39 is 23.3 Å². The first-order valence-corrected chi connectivity index (χ1v) is 9.28. The van der Waals surface area contributed by atoms with Crippen molar-refractivity contribution in [3.63, 3.8) is 0 Å². The van der Waals surface area contributed by atoms with Crippen molar-refractivity contribution in [2.24, 2.45) is 10.9 Å². The monoisotopic (exact) mass is 403 g/mol. The van der Waals surface area contributed by atoms with Gasteiger partial charge in [-0.2, -0.15) is 4.58 Å². The van der Waals surface area contributed by atoms with Gasteiger partial charge < -0.3 is 19.3 Å². The van der Waals surface area contributed by atoms with Crippen molar-refractivity contribution in [1.29, 1.82) is 0 Å². The first-order chi connectivity index (χ1) is 13.9. The lowest BCUT2D eigenvalue weighted by atomic mass is 10.0. The van der Waals surface area contributed by atoms with Crippen molar-refractivity contribution in [3.05, 3.63) is 47.4 Å². The molecule has 8 heteroatoms. The highest BCUT2D eigenvalue weighted by molar-refractivity contribution is 6.06. The zero-order valence-corrected chi connectivity index (χ0v) is 17.0. The Balaban J connectivity index is 1.95.